The molecule has 4 N–H and O–H groups in total. The van der Waals surface area contributed by atoms with E-state index in [0.717, 1.165) is 12.2 Å². The van der Waals surface area contributed by atoms with E-state index in [1.54, 1.807) is 12.4 Å². The van der Waals surface area contributed by atoms with E-state index in [1.165, 1.54) is 16.7 Å². The summed E-state index contributed by atoms with van der Waals surface area (Å²) in [6.07, 6.45) is 4.37. The lowest BCUT2D eigenvalue weighted by Gasteiger charge is -2.14. The topological polar surface area (TPSA) is 66.7 Å². The number of aromatic amines is 1. The number of hydrogen-bond acceptors (Lipinski definition) is 3. The van der Waals surface area contributed by atoms with E-state index < -0.39 is 0 Å². The molecule has 0 bridgehead atoms. The summed E-state index contributed by atoms with van der Waals surface area (Å²) in [7, 11) is 0. The summed E-state index contributed by atoms with van der Waals surface area (Å²) in [5.74, 6) is 6.45. The molecule has 4 heteroatoms. The van der Waals surface area contributed by atoms with Gasteiger partial charge in [0.15, 0.2) is 0 Å². The highest BCUT2D eigenvalue weighted by molar-refractivity contribution is 5.29. The summed E-state index contributed by atoms with van der Waals surface area (Å²) in [4.78, 5) is 7.31. The lowest BCUT2D eigenvalue weighted by molar-refractivity contribution is 0.527. The molecule has 1 heterocycles. The zero-order valence-corrected chi connectivity index (χ0v) is 10.2. The molecule has 2 rings (SSSR count). The van der Waals surface area contributed by atoms with E-state index in [0.29, 0.717) is 0 Å². The number of aromatic nitrogens is 2. The Balaban J connectivity index is 2.18. The molecule has 0 amide bonds. The lowest BCUT2D eigenvalue weighted by atomic mass is 10.0. The number of benzene rings is 1. The number of aryl methyl sites for hydroxylation is 2. The quantitative estimate of drug-likeness (QED) is 0.554. The molecule has 0 aliphatic rings. The van der Waals surface area contributed by atoms with Gasteiger partial charge in [0.25, 0.3) is 0 Å². The van der Waals surface area contributed by atoms with Crippen LogP contribution in [0.4, 0.5) is 0 Å². The van der Waals surface area contributed by atoms with Gasteiger partial charge in [-0.3, -0.25) is 5.84 Å². The number of nitrogens with two attached hydrogens (primary N) is 1. The fourth-order valence-electron chi connectivity index (χ4n) is 2.13. The average molecular weight is 230 g/mol. The highest BCUT2D eigenvalue weighted by atomic mass is 15.2. The zero-order chi connectivity index (χ0) is 12.3. The van der Waals surface area contributed by atoms with Crippen LogP contribution in [-0.4, -0.2) is 9.97 Å². The standard InChI is InChI=1S/C13H18N4/c1-9-5-10(2)7-11(6-9)8-12(17-14)13-15-3-4-16-13/h3-7,12,17H,8,14H2,1-2H3,(H,15,16). The Labute approximate surface area is 101 Å². The molecule has 1 unspecified atom stereocenters. The van der Waals surface area contributed by atoms with Crippen molar-refractivity contribution in [3.63, 3.8) is 0 Å². The Hall–Kier alpha value is -1.65. The van der Waals surface area contributed by atoms with Gasteiger partial charge in [0, 0.05) is 12.4 Å². The molecule has 0 aliphatic carbocycles. The monoisotopic (exact) mass is 230 g/mol. The van der Waals surface area contributed by atoms with Crippen molar-refractivity contribution in [2.24, 2.45) is 5.84 Å². The van der Waals surface area contributed by atoms with Crippen molar-refractivity contribution in [1.29, 1.82) is 0 Å². The van der Waals surface area contributed by atoms with Crippen LogP contribution in [0.1, 0.15) is 28.6 Å². The van der Waals surface area contributed by atoms with Crippen LogP contribution < -0.4 is 11.3 Å². The summed E-state index contributed by atoms with van der Waals surface area (Å²) in [5.41, 5.74) is 6.61. The highest BCUT2D eigenvalue weighted by Crippen LogP contribution is 2.16. The van der Waals surface area contributed by atoms with Crippen LogP contribution in [0.3, 0.4) is 0 Å². The van der Waals surface area contributed by atoms with Gasteiger partial charge in [0.2, 0.25) is 0 Å². The van der Waals surface area contributed by atoms with E-state index in [2.05, 4.69) is 47.4 Å². The van der Waals surface area contributed by atoms with Crippen LogP contribution >= 0.6 is 0 Å². The predicted octanol–water partition coefficient (Wildman–Crippen LogP) is 1.77. The van der Waals surface area contributed by atoms with Gasteiger partial charge in [0.1, 0.15) is 5.82 Å². The fraction of sp³-hybridized carbons (Fsp3) is 0.308. The molecule has 0 saturated carbocycles. The molecule has 0 saturated heterocycles. The average Bonchev–Trinajstić information content (AvgIpc) is 2.77. The molecule has 2 aromatic rings. The lowest BCUT2D eigenvalue weighted by Crippen LogP contribution is -2.30. The van der Waals surface area contributed by atoms with Crippen molar-refractivity contribution >= 4 is 0 Å². The Morgan fingerprint density at radius 2 is 2.00 bits per heavy atom. The molecule has 1 aromatic carbocycles. The van der Waals surface area contributed by atoms with Crippen molar-refractivity contribution in [3.05, 3.63) is 53.1 Å². The molecule has 0 aliphatic heterocycles. The van der Waals surface area contributed by atoms with Crippen LogP contribution in [0.2, 0.25) is 0 Å². The van der Waals surface area contributed by atoms with Gasteiger partial charge in [-0.2, -0.15) is 0 Å². The molecule has 0 spiro atoms. The van der Waals surface area contributed by atoms with Crippen molar-refractivity contribution in [2.45, 2.75) is 26.3 Å². The van der Waals surface area contributed by atoms with E-state index in [4.69, 9.17) is 5.84 Å². The smallest absolute Gasteiger partial charge is 0.124 e. The summed E-state index contributed by atoms with van der Waals surface area (Å²) in [5, 5.41) is 0. The maximum absolute atomic E-state index is 5.58. The van der Waals surface area contributed by atoms with Crippen LogP contribution in [-0.2, 0) is 6.42 Å². The van der Waals surface area contributed by atoms with Crippen LogP contribution in [0.25, 0.3) is 0 Å². The molecule has 0 radical (unpaired) electrons. The van der Waals surface area contributed by atoms with Crippen LogP contribution in [0.15, 0.2) is 30.6 Å². The van der Waals surface area contributed by atoms with E-state index >= 15 is 0 Å². The summed E-state index contributed by atoms with van der Waals surface area (Å²) in [6.45, 7) is 4.21. The van der Waals surface area contributed by atoms with E-state index in [9.17, 15) is 0 Å². The molecule has 90 valence electrons. The first-order valence-electron chi connectivity index (χ1n) is 5.71. The second kappa shape index (κ2) is 5.12. The maximum Gasteiger partial charge on any atom is 0.124 e. The maximum atomic E-state index is 5.58. The first-order valence-corrected chi connectivity index (χ1v) is 5.71. The van der Waals surface area contributed by atoms with Gasteiger partial charge in [0.05, 0.1) is 6.04 Å². The minimum Gasteiger partial charge on any atom is -0.347 e. The Bertz CT molecular complexity index is 456. The third-order valence-corrected chi connectivity index (χ3v) is 2.77. The minimum absolute atomic E-state index is 0.0196. The second-order valence-corrected chi connectivity index (χ2v) is 4.39. The van der Waals surface area contributed by atoms with E-state index in [-0.39, 0.29) is 6.04 Å². The third kappa shape index (κ3) is 2.93. The van der Waals surface area contributed by atoms with Crippen molar-refractivity contribution < 1.29 is 0 Å². The number of nitrogens with one attached hydrogen (secondary N) is 2. The SMILES string of the molecule is Cc1cc(C)cc(CC(NN)c2ncc[nH]2)c1. The van der Waals surface area contributed by atoms with Crippen molar-refractivity contribution in [2.75, 3.05) is 0 Å². The number of hydrazine groups is 1. The van der Waals surface area contributed by atoms with Gasteiger partial charge in [-0.15, -0.1) is 0 Å². The Kier molecular flexibility index (Phi) is 3.56. The molecule has 1 atom stereocenters. The first-order chi connectivity index (χ1) is 8.19. The Morgan fingerprint density at radius 3 is 2.53 bits per heavy atom. The minimum atomic E-state index is 0.0196. The predicted molar refractivity (Wildman–Crippen MR) is 68.3 cm³/mol. The summed E-state index contributed by atoms with van der Waals surface area (Å²) >= 11 is 0. The van der Waals surface area contributed by atoms with E-state index in [1.807, 2.05) is 0 Å². The highest BCUT2D eigenvalue weighted by Gasteiger charge is 2.12. The zero-order valence-electron chi connectivity index (χ0n) is 10.2. The fourth-order valence-corrected chi connectivity index (χ4v) is 2.13. The summed E-state index contributed by atoms with van der Waals surface area (Å²) in [6, 6.07) is 6.55. The van der Waals surface area contributed by atoms with Crippen LogP contribution in [0.5, 0.6) is 0 Å². The van der Waals surface area contributed by atoms with Crippen molar-refractivity contribution in [3.8, 4) is 0 Å². The third-order valence-electron chi connectivity index (χ3n) is 2.77. The normalized spacial score (nSPS) is 12.6. The second-order valence-electron chi connectivity index (χ2n) is 4.39. The number of hydrogen-bond donors (Lipinski definition) is 3. The molecular formula is C13H18N4. The number of imidazole rings is 1. The summed E-state index contributed by atoms with van der Waals surface area (Å²) < 4.78 is 0. The Morgan fingerprint density at radius 1 is 1.29 bits per heavy atom. The van der Waals surface area contributed by atoms with Crippen LogP contribution in [0, 0.1) is 13.8 Å². The van der Waals surface area contributed by atoms with Gasteiger partial charge in [-0.05, 0) is 25.8 Å². The molecule has 1 aromatic heterocycles. The largest absolute Gasteiger partial charge is 0.347 e. The molecular weight excluding hydrogens is 212 g/mol. The van der Waals surface area contributed by atoms with Crippen molar-refractivity contribution in [1.82, 2.24) is 15.4 Å². The van der Waals surface area contributed by atoms with Gasteiger partial charge in [-0.1, -0.05) is 29.3 Å². The van der Waals surface area contributed by atoms with Gasteiger partial charge < -0.3 is 4.98 Å². The number of rotatable bonds is 4. The van der Waals surface area contributed by atoms with Gasteiger partial charge >= 0.3 is 0 Å². The number of nitrogens with zero attached hydrogens (tertiary/aromatic N) is 1. The molecule has 17 heavy (non-hydrogen) atoms. The molecule has 4 nitrogen and oxygen atoms in total. The van der Waals surface area contributed by atoms with Gasteiger partial charge in [-0.25, -0.2) is 10.4 Å². The number of H-pyrrole nitrogens is 1. The molecule has 0 fully saturated rings. The first kappa shape index (κ1) is 11.8.